The van der Waals surface area contributed by atoms with Crippen molar-refractivity contribution in [2.45, 2.75) is 39.0 Å². The van der Waals surface area contributed by atoms with E-state index in [2.05, 4.69) is 22.9 Å². The van der Waals surface area contributed by atoms with Gasteiger partial charge in [0.1, 0.15) is 0 Å². The quantitative estimate of drug-likeness (QED) is 0.173. The molecule has 1 fully saturated rings. The zero-order valence-electron chi connectivity index (χ0n) is 18.2. The highest BCUT2D eigenvalue weighted by molar-refractivity contribution is 9.10. The van der Waals surface area contributed by atoms with E-state index in [-0.39, 0.29) is 11.5 Å². The maximum absolute atomic E-state index is 13.1. The number of nitro groups is 1. The lowest BCUT2D eigenvalue weighted by molar-refractivity contribution is -0.384. The van der Waals surface area contributed by atoms with Crippen molar-refractivity contribution in [1.82, 2.24) is 0 Å². The summed E-state index contributed by atoms with van der Waals surface area (Å²) in [4.78, 5) is 23.7. The van der Waals surface area contributed by atoms with E-state index in [9.17, 15) is 14.9 Å². The Morgan fingerprint density at radius 3 is 2.50 bits per heavy atom. The van der Waals surface area contributed by atoms with Gasteiger partial charge >= 0.3 is 0 Å². The van der Waals surface area contributed by atoms with Crippen molar-refractivity contribution in [3.05, 3.63) is 73.3 Å². The summed E-state index contributed by atoms with van der Waals surface area (Å²) in [5.41, 5.74) is 2.88. The molecule has 1 aliphatic rings. The molecule has 0 spiro atoms. The number of Topliss-reactive ketones (excluding diaryl/α,β-unsaturated/α-hetero) is 1. The Balaban J connectivity index is 1.87. The van der Waals surface area contributed by atoms with E-state index in [1.807, 2.05) is 18.2 Å². The van der Waals surface area contributed by atoms with Crippen LogP contribution in [0.5, 0.6) is 11.5 Å². The predicted molar refractivity (Wildman–Crippen MR) is 129 cm³/mol. The van der Waals surface area contributed by atoms with E-state index in [4.69, 9.17) is 9.47 Å². The van der Waals surface area contributed by atoms with Crippen molar-refractivity contribution < 1.29 is 19.2 Å². The monoisotopic (exact) mass is 499 g/mol. The number of allylic oxidation sites excluding steroid dienone is 2. The van der Waals surface area contributed by atoms with Gasteiger partial charge in [-0.1, -0.05) is 25.5 Å². The minimum atomic E-state index is -0.434. The van der Waals surface area contributed by atoms with Crippen LogP contribution < -0.4 is 9.47 Å². The van der Waals surface area contributed by atoms with Crippen LogP contribution in [-0.4, -0.2) is 24.4 Å². The van der Waals surface area contributed by atoms with Crippen molar-refractivity contribution in [2.75, 3.05) is 13.7 Å². The number of carbonyl (C=O) groups is 1. The van der Waals surface area contributed by atoms with Gasteiger partial charge in [0.15, 0.2) is 17.3 Å². The average Bonchev–Trinajstić information content (AvgIpc) is 2.78. The van der Waals surface area contributed by atoms with Crippen molar-refractivity contribution in [1.29, 1.82) is 0 Å². The molecule has 0 atom stereocenters. The van der Waals surface area contributed by atoms with Gasteiger partial charge in [-0.2, -0.15) is 0 Å². The van der Waals surface area contributed by atoms with Gasteiger partial charge in [0.2, 0.25) is 0 Å². The number of hydrogen-bond acceptors (Lipinski definition) is 5. The van der Waals surface area contributed by atoms with Crippen molar-refractivity contribution in [2.24, 2.45) is 0 Å². The Kier molecular flexibility index (Phi) is 8.22. The molecule has 0 radical (unpaired) electrons. The van der Waals surface area contributed by atoms with Gasteiger partial charge in [-0.05, 0) is 77.0 Å². The molecule has 1 saturated carbocycles. The first kappa shape index (κ1) is 23.7. The summed E-state index contributed by atoms with van der Waals surface area (Å²) in [6, 6.07) is 10.1. The lowest BCUT2D eigenvalue weighted by atomic mass is 9.87. The fraction of sp³-hybridized carbons (Fsp3) is 0.320. The molecule has 0 amide bonds. The van der Waals surface area contributed by atoms with Crippen LogP contribution in [-0.2, 0) is 4.79 Å². The van der Waals surface area contributed by atoms with Gasteiger partial charge in [-0.15, -0.1) is 0 Å². The third-order valence-electron chi connectivity index (χ3n) is 5.23. The van der Waals surface area contributed by atoms with E-state index in [1.165, 1.54) is 12.1 Å². The number of nitro benzene ring substituents is 1. The molecular weight excluding hydrogens is 474 g/mol. The molecule has 6 nitrogen and oxygen atoms in total. The zero-order chi connectivity index (χ0) is 23.1. The highest BCUT2D eigenvalue weighted by Gasteiger charge is 2.21. The Hall–Kier alpha value is -2.93. The number of unbranched alkanes of at least 4 members (excludes halogenated alkanes) is 1. The summed E-state index contributed by atoms with van der Waals surface area (Å²) < 4.78 is 12.1. The molecule has 7 heteroatoms. The number of nitrogens with zero attached hydrogens (tertiary/aromatic N) is 1. The normalized spacial score (nSPS) is 16.4. The summed E-state index contributed by atoms with van der Waals surface area (Å²) in [6.07, 6.45) is 7.80. The molecule has 3 rings (SSSR count). The Morgan fingerprint density at radius 1 is 1.12 bits per heavy atom. The van der Waals surface area contributed by atoms with Gasteiger partial charge in [0.05, 0.1) is 23.1 Å². The molecule has 0 unspecified atom stereocenters. The number of carbonyl (C=O) groups excluding carboxylic acids is 1. The van der Waals surface area contributed by atoms with Gasteiger partial charge in [0, 0.05) is 23.3 Å². The van der Waals surface area contributed by atoms with E-state index < -0.39 is 4.92 Å². The van der Waals surface area contributed by atoms with Crippen LogP contribution in [0.25, 0.3) is 12.2 Å². The number of ether oxygens (including phenoxy) is 2. The van der Waals surface area contributed by atoms with Gasteiger partial charge in [0.25, 0.3) is 5.69 Å². The topological polar surface area (TPSA) is 78.7 Å². The molecule has 168 valence electrons. The summed E-state index contributed by atoms with van der Waals surface area (Å²) in [6.45, 7) is 2.71. The molecule has 0 heterocycles. The first-order valence-electron chi connectivity index (χ1n) is 10.6. The third kappa shape index (κ3) is 5.85. The van der Waals surface area contributed by atoms with Crippen LogP contribution in [0.15, 0.2) is 52.0 Å². The fourth-order valence-corrected chi connectivity index (χ4v) is 4.16. The smallest absolute Gasteiger partial charge is 0.270 e. The van der Waals surface area contributed by atoms with Crippen LogP contribution in [0.2, 0.25) is 0 Å². The molecule has 0 saturated heterocycles. The van der Waals surface area contributed by atoms with E-state index >= 15 is 0 Å². The van der Waals surface area contributed by atoms with E-state index in [1.54, 1.807) is 25.3 Å². The van der Waals surface area contributed by atoms with Crippen molar-refractivity contribution in [3.8, 4) is 11.5 Å². The zero-order valence-corrected chi connectivity index (χ0v) is 19.8. The number of halogens is 1. The van der Waals surface area contributed by atoms with Crippen LogP contribution in [0.3, 0.4) is 0 Å². The SMILES string of the molecule is CCCCOc1c(Br)cc(/C=C2\CCC/C(=C\c3cccc([N+](=O)[O-])c3)C2=O)cc1OC. The number of non-ortho nitro benzene ring substituents is 1. The third-order valence-corrected chi connectivity index (χ3v) is 5.82. The Labute approximate surface area is 196 Å². The number of hydrogen-bond donors (Lipinski definition) is 0. The van der Waals surface area contributed by atoms with Crippen LogP contribution in [0, 0.1) is 10.1 Å². The largest absolute Gasteiger partial charge is 0.493 e. The van der Waals surface area contributed by atoms with Gasteiger partial charge < -0.3 is 9.47 Å². The molecule has 1 aliphatic carbocycles. The second kappa shape index (κ2) is 11.1. The minimum Gasteiger partial charge on any atom is -0.493 e. The summed E-state index contributed by atoms with van der Waals surface area (Å²) >= 11 is 3.56. The Morgan fingerprint density at radius 2 is 1.84 bits per heavy atom. The van der Waals surface area contributed by atoms with Crippen LogP contribution >= 0.6 is 15.9 Å². The molecule has 0 bridgehead atoms. The number of methoxy groups -OCH3 is 1. The number of benzene rings is 2. The maximum Gasteiger partial charge on any atom is 0.270 e. The number of ketones is 1. The molecular formula is C25H26BrNO5. The second-order valence-electron chi connectivity index (χ2n) is 7.61. The number of rotatable bonds is 8. The maximum atomic E-state index is 13.1. The summed E-state index contributed by atoms with van der Waals surface area (Å²) in [7, 11) is 1.59. The molecule has 0 aliphatic heterocycles. The molecule has 2 aromatic carbocycles. The van der Waals surface area contributed by atoms with Crippen molar-refractivity contribution >= 4 is 39.6 Å². The van der Waals surface area contributed by atoms with Gasteiger partial charge in [-0.25, -0.2) is 0 Å². The van der Waals surface area contributed by atoms with Gasteiger partial charge in [-0.3, -0.25) is 14.9 Å². The molecule has 0 aromatic heterocycles. The van der Waals surface area contributed by atoms with Crippen molar-refractivity contribution in [3.63, 3.8) is 0 Å². The lowest BCUT2D eigenvalue weighted by Gasteiger charge is -2.17. The highest BCUT2D eigenvalue weighted by atomic mass is 79.9. The second-order valence-corrected chi connectivity index (χ2v) is 8.46. The molecule has 32 heavy (non-hydrogen) atoms. The summed E-state index contributed by atoms with van der Waals surface area (Å²) in [5, 5.41) is 11.0. The standard InChI is InChI=1S/C25H26BrNO5/c1-3-4-11-32-25-22(26)15-18(16-23(25)31-2)13-20-9-6-8-19(24(20)28)12-17-7-5-10-21(14-17)27(29)30/h5,7,10,12-16H,3-4,6,8-9,11H2,1-2H3/b19-12+,20-13+. The summed E-state index contributed by atoms with van der Waals surface area (Å²) in [5.74, 6) is 1.24. The van der Waals surface area contributed by atoms with E-state index in [0.29, 0.717) is 47.7 Å². The highest BCUT2D eigenvalue weighted by Crippen LogP contribution is 2.38. The average molecular weight is 500 g/mol. The molecule has 2 aromatic rings. The van der Waals surface area contributed by atoms with Crippen LogP contribution in [0.4, 0.5) is 5.69 Å². The minimum absolute atomic E-state index is 0.0107. The Bertz CT molecular complexity index is 1070. The molecule has 0 N–H and O–H groups in total. The van der Waals surface area contributed by atoms with Crippen LogP contribution in [0.1, 0.15) is 50.2 Å². The predicted octanol–water partition coefficient (Wildman–Crippen LogP) is 6.76. The lowest BCUT2D eigenvalue weighted by Crippen LogP contribution is -2.12. The first-order chi connectivity index (χ1) is 15.4. The first-order valence-corrected chi connectivity index (χ1v) is 11.4. The van der Waals surface area contributed by atoms with E-state index in [0.717, 1.165) is 29.3 Å². The fourth-order valence-electron chi connectivity index (χ4n) is 3.59.